The van der Waals surface area contributed by atoms with Crippen LogP contribution in [0.3, 0.4) is 0 Å². The van der Waals surface area contributed by atoms with Crippen molar-refractivity contribution in [1.29, 1.82) is 0 Å². The van der Waals surface area contributed by atoms with Gasteiger partial charge in [-0.3, -0.25) is 4.79 Å². The second-order valence-corrected chi connectivity index (χ2v) is 5.63. The van der Waals surface area contributed by atoms with Crippen LogP contribution in [0, 0.1) is 5.82 Å². The molecule has 1 amide bonds. The van der Waals surface area contributed by atoms with Gasteiger partial charge in [0.1, 0.15) is 5.82 Å². The molecule has 0 aliphatic carbocycles. The molecule has 2 aromatic carbocycles. The third-order valence-corrected chi connectivity index (χ3v) is 4.38. The molecule has 6 heteroatoms. The van der Waals surface area contributed by atoms with Crippen LogP contribution < -0.4 is 5.32 Å². The molecule has 20 heavy (non-hydrogen) atoms. The molecule has 0 atom stereocenters. The maximum atomic E-state index is 13.6. The van der Waals surface area contributed by atoms with Crippen LogP contribution in [0.1, 0.15) is 5.56 Å². The molecular weight excluding hydrogens is 368 g/mol. The smallest absolute Gasteiger partial charge is 0.228 e. The zero-order valence-electron chi connectivity index (χ0n) is 10.1. The number of halogens is 4. The quantitative estimate of drug-likeness (QED) is 0.795. The first-order valence-electron chi connectivity index (χ1n) is 5.66. The zero-order chi connectivity index (χ0) is 14.7. The van der Waals surface area contributed by atoms with E-state index < -0.39 is 5.82 Å². The van der Waals surface area contributed by atoms with Crippen molar-refractivity contribution in [3.8, 4) is 0 Å². The van der Waals surface area contributed by atoms with E-state index in [0.29, 0.717) is 15.2 Å². The Balaban J connectivity index is 2.16. The predicted octanol–water partition coefficient (Wildman–Crippen LogP) is 5.08. The molecule has 0 heterocycles. The standard InChI is InChI=1S/C14H9BrCl2FNO/c15-14-10(17)4-2-6-12(14)19-13(20)7-8-9(16)3-1-5-11(8)18/h1-6H,7H2,(H,19,20). The molecule has 0 bridgehead atoms. The van der Waals surface area contributed by atoms with Crippen LogP contribution in [0.15, 0.2) is 40.9 Å². The Hall–Kier alpha value is -1.10. The molecular formula is C14H9BrCl2FNO. The maximum absolute atomic E-state index is 13.6. The first-order valence-corrected chi connectivity index (χ1v) is 7.20. The van der Waals surface area contributed by atoms with Gasteiger partial charge < -0.3 is 5.32 Å². The van der Waals surface area contributed by atoms with Crippen molar-refractivity contribution in [3.63, 3.8) is 0 Å². The molecule has 0 saturated heterocycles. The lowest BCUT2D eigenvalue weighted by molar-refractivity contribution is -0.115. The van der Waals surface area contributed by atoms with Gasteiger partial charge in [-0.2, -0.15) is 0 Å². The van der Waals surface area contributed by atoms with E-state index in [-0.39, 0.29) is 22.9 Å². The average Bonchev–Trinajstić information content (AvgIpc) is 2.39. The number of carbonyl (C=O) groups is 1. The van der Waals surface area contributed by atoms with Crippen LogP contribution in [0.2, 0.25) is 10.0 Å². The number of benzene rings is 2. The van der Waals surface area contributed by atoms with Gasteiger partial charge in [-0.15, -0.1) is 0 Å². The van der Waals surface area contributed by atoms with E-state index in [1.807, 2.05) is 0 Å². The third kappa shape index (κ3) is 3.51. The summed E-state index contributed by atoms with van der Waals surface area (Å²) in [5, 5.41) is 3.36. The van der Waals surface area contributed by atoms with Crippen molar-refractivity contribution < 1.29 is 9.18 Å². The van der Waals surface area contributed by atoms with E-state index in [1.54, 1.807) is 24.3 Å². The minimum absolute atomic E-state index is 0.148. The summed E-state index contributed by atoms with van der Waals surface area (Å²) in [6.07, 6.45) is -0.148. The van der Waals surface area contributed by atoms with E-state index in [9.17, 15) is 9.18 Å². The fraction of sp³-hybridized carbons (Fsp3) is 0.0714. The van der Waals surface area contributed by atoms with Gasteiger partial charge in [0.25, 0.3) is 0 Å². The first-order chi connectivity index (χ1) is 9.49. The Morgan fingerprint density at radius 1 is 1.15 bits per heavy atom. The zero-order valence-corrected chi connectivity index (χ0v) is 13.2. The first kappa shape index (κ1) is 15.3. The molecule has 0 spiro atoms. The molecule has 2 nitrogen and oxygen atoms in total. The summed E-state index contributed by atoms with van der Waals surface area (Å²) in [5.41, 5.74) is 0.694. The molecule has 2 rings (SSSR count). The van der Waals surface area contributed by atoms with Crippen molar-refractivity contribution in [3.05, 3.63) is 62.3 Å². The van der Waals surface area contributed by atoms with Crippen LogP contribution in [0.25, 0.3) is 0 Å². The van der Waals surface area contributed by atoms with Gasteiger partial charge in [0.05, 0.1) is 21.6 Å². The second kappa shape index (κ2) is 6.57. The van der Waals surface area contributed by atoms with Crippen molar-refractivity contribution in [1.82, 2.24) is 0 Å². The number of anilines is 1. The van der Waals surface area contributed by atoms with E-state index in [1.165, 1.54) is 12.1 Å². The van der Waals surface area contributed by atoms with Crippen LogP contribution in [0.4, 0.5) is 10.1 Å². The largest absolute Gasteiger partial charge is 0.325 e. The van der Waals surface area contributed by atoms with E-state index in [0.717, 1.165) is 0 Å². The number of amides is 1. The summed E-state index contributed by atoms with van der Waals surface area (Å²) >= 11 is 15.1. The van der Waals surface area contributed by atoms with Gasteiger partial charge in [0, 0.05) is 10.6 Å². The minimum Gasteiger partial charge on any atom is -0.325 e. The molecule has 2 aromatic rings. The molecule has 1 N–H and O–H groups in total. The Labute approximate surface area is 134 Å². The maximum Gasteiger partial charge on any atom is 0.228 e. The molecule has 0 aromatic heterocycles. The fourth-order valence-electron chi connectivity index (χ4n) is 1.66. The highest BCUT2D eigenvalue weighted by atomic mass is 79.9. The average molecular weight is 377 g/mol. The lowest BCUT2D eigenvalue weighted by Crippen LogP contribution is -2.15. The fourth-order valence-corrected chi connectivity index (χ4v) is 2.42. The normalized spacial score (nSPS) is 10.4. The predicted molar refractivity (Wildman–Crippen MR) is 82.9 cm³/mol. The van der Waals surface area contributed by atoms with E-state index in [4.69, 9.17) is 23.2 Å². The summed E-state index contributed by atoms with van der Waals surface area (Å²) in [5.74, 6) is -0.877. The van der Waals surface area contributed by atoms with Gasteiger partial charge in [-0.25, -0.2) is 4.39 Å². The molecule has 0 radical (unpaired) electrons. The van der Waals surface area contributed by atoms with Crippen LogP contribution in [-0.2, 0) is 11.2 Å². The summed E-state index contributed by atoms with van der Waals surface area (Å²) in [6.45, 7) is 0. The SMILES string of the molecule is O=C(Cc1c(F)cccc1Cl)Nc1cccc(Cl)c1Br. The van der Waals surface area contributed by atoms with Crippen molar-refractivity contribution >= 4 is 50.7 Å². The molecule has 0 unspecified atom stereocenters. The molecule has 0 saturated carbocycles. The van der Waals surface area contributed by atoms with Crippen molar-refractivity contribution in [2.75, 3.05) is 5.32 Å². The van der Waals surface area contributed by atoms with Gasteiger partial charge >= 0.3 is 0 Å². The molecule has 0 aliphatic rings. The number of hydrogen-bond acceptors (Lipinski definition) is 1. The third-order valence-electron chi connectivity index (χ3n) is 2.62. The van der Waals surface area contributed by atoms with Gasteiger partial charge in [0.2, 0.25) is 5.91 Å². The highest BCUT2D eigenvalue weighted by molar-refractivity contribution is 9.10. The lowest BCUT2D eigenvalue weighted by atomic mass is 10.1. The Morgan fingerprint density at radius 3 is 2.50 bits per heavy atom. The highest BCUT2D eigenvalue weighted by Gasteiger charge is 2.13. The van der Waals surface area contributed by atoms with Gasteiger partial charge in [0.15, 0.2) is 0 Å². The Kier molecular flexibility index (Phi) is 5.02. The van der Waals surface area contributed by atoms with Gasteiger partial charge in [-0.05, 0) is 40.2 Å². The Bertz CT molecular complexity index is 643. The van der Waals surface area contributed by atoms with Crippen LogP contribution in [0.5, 0.6) is 0 Å². The molecule has 104 valence electrons. The van der Waals surface area contributed by atoms with Crippen LogP contribution >= 0.6 is 39.1 Å². The highest BCUT2D eigenvalue weighted by Crippen LogP contribution is 2.30. The number of nitrogens with one attached hydrogen (secondary N) is 1. The van der Waals surface area contributed by atoms with E-state index in [2.05, 4.69) is 21.2 Å². The van der Waals surface area contributed by atoms with Crippen LogP contribution in [-0.4, -0.2) is 5.91 Å². The molecule has 0 fully saturated rings. The van der Waals surface area contributed by atoms with Crippen molar-refractivity contribution in [2.45, 2.75) is 6.42 Å². The summed E-state index contributed by atoms with van der Waals surface area (Å²) in [6, 6.07) is 9.39. The monoisotopic (exact) mass is 375 g/mol. The van der Waals surface area contributed by atoms with E-state index >= 15 is 0 Å². The molecule has 0 aliphatic heterocycles. The van der Waals surface area contributed by atoms with Gasteiger partial charge in [-0.1, -0.05) is 35.3 Å². The summed E-state index contributed by atoms with van der Waals surface area (Å²) < 4.78 is 14.2. The summed E-state index contributed by atoms with van der Waals surface area (Å²) in [4.78, 5) is 11.9. The van der Waals surface area contributed by atoms with Crippen molar-refractivity contribution in [2.24, 2.45) is 0 Å². The summed E-state index contributed by atoms with van der Waals surface area (Å²) in [7, 11) is 0. The number of hydrogen-bond donors (Lipinski definition) is 1. The number of carbonyl (C=O) groups excluding carboxylic acids is 1. The second-order valence-electron chi connectivity index (χ2n) is 4.03. The minimum atomic E-state index is -0.502. The lowest BCUT2D eigenvalue weighted by Gasteiger charge is -2.09. The topological polar surface area (TPSA) is 29.1 Å². The number of rotatable bonds is 3. The Morgan fingerprint density at radius 2 is 1.80 bits per heavy atom.